The first kappa shape index (κ1) is 13.9. The van der Waals surface area contributed by atoms with Gasteiger partial charge in [0.15, 0.2) is 0 Å². The fraction of sp³-hybridized carbons (Fsp3) is 0.100. The number of alkyl halides is 1. The molecule has 104 valence electrons. The largest absolute Gasteiger partial charge is 0.117 e. The van der Waals surface area contributed by atoms with Gasteiger partial charge >= 0.3 is 0 Å². The molecule has 0 aromatic heterocycles. The molecule has 1 heteroatoms. The van der Waals surface area contributed by atoms with Crippen LogP contribution in [-0.4, -0.2) is 0 Å². The van der Waals surface area contributed by atoms with Crippen LogP contribution in [0.25, 0.3) is 0 Å². The molecule has 0 aliphatic rings. The normalized spacial score (nSPS) is 12.3. The van der Waals surface area contributed by atoms with Gasteiger partial charge in [-0.15, -0.1) is 11.6 Å². The van der Waals surface area contributed by atoms with Crippen LogP contribution in [-0.2, 0) is 0 Å². The summed E-state index contributed by atoms with van der Waals surface area (Å²) in [5.74, 6) is 0.150. The summed E-state index contributed by atoms with van der Waals surface area (Å²) in [7, 11) is 0. The lowest BCUT2D eigenvalue weighted by Gasteiger charge is -2.24. The fourth-order valence-electron chi connectivity index (χ4n) is 2.68. The van der Waals surface area contributed by atoms with E-state index in [1.54, 1.807) is 0 Å². The third kappa shape index (κ3) is 3.17. The average molecular weight is 293 g/mol. The molecule has 0 heterocycles. The molecular weight excluding hydrogens is 276 g/mol. The van der Waals surface area contributed by atoms with Crippen LogP contribution in [0.3, 0.4) is 0 Å². The Balaban J connectivity index is 2.05. The highest BCUT2D eigenvalue weighted by molar-refractivity contribution is 6.21. The molecule has 0 spiro atoms. The monoisotopic (exact) mass is 292 g/mol. The van der Waals surface area contributed by atoms with Crippen LogP contribution < -0.4 is 0 Å². The van der Waals surface area contributed by atoms with Crippen molar-refractivity contribution in [3.63, 3.8) is 0 Å². The Morgan fingerprint density at radius 1 is 0.476 bits per heavy atom. The Kier molecular flexibility index (Phi) is 4.37. The van der Waals surface area contributed by atoms with Crippen molar-refractivity contribution in [1.29, 1.82) is 0 Å². The molecule has 3 aromatic rings. The maximum Gasteiger partial charge on any atom is 0.0694 e. The highest BCUT2D eigenvalue weighted by atomic mass is 35.5. The van der Waals surface area contributed by atoms with Crippen molar-refractivity contribution in [3.05, 3.63) is 108 Å². The summed E-state index contributed by atoms with van der Waals surface area (Å²) in [5.41, 5.74) is 3.64. The number of hydrogen-bond acceptors (Lipinski definition) is 0. The van der Waals surface area contributed by atoms with Gasteiger partial charge in [-0.3, -0.25) is 0 Å². The molecule has 0 saturated heterocycles. The quantitative estimate of drug-likeness (QED) is 0.533. The first-order valence-corrected chi connectivity index (χ1v) is 7.59. The second kappa shape index (κ2) is 6.60. The first-order valence-electron chi connectivity index (χ1n) is 7.15. The molecule has 0 amide bonds. The second-order valence-electron chi connectivity index (χ2n) is 5.11. The summed E-state index contributed by atoms with van der Waals surface area (Å²) in [6, 6.07) is 31.2. The van der Waals surface area contributed by atoms with Gasteiger partial charge in [0.1, 0.15) is 0 Å². The molecular formula is C20H17Cl. The van der Waals surface area contributed by atoms with Crippen LogP contribution in [0.1, 0.15) is 28.0 Å². The van der Waals surface area contributed by atoms with Crippen molar-refractivity contribution in [2.45, 2.75) is 11.3 Å². The van der Waals surface area contributed by atoms with E-state index in [4.69, 9.17) is 11.6 Å². The minimum Gasteiger partial charge on any atom is -0.117 e. The van der Waals surface area contributed by atoms with E-state index in [1.807, 2.05) is 30.3 Å². The minimum absolute atomic E-state index is 0.0870. The van der Waals surface area contributed by atoms with Gasteiger partial charge in [0, 0.05) is 5.92 Å². The van der Waals surface area contributed by atoms with Crippen LogP contribution in [0, 0.1) is 0 Å². The van der Waals surface area contributed by atoms with Gasteiger partial charge in [0.2, 0.25) is 0 Å². The van der Waals surface area contributed by atoms with Gasteiger partial charge in [0.05, 0.1) is 5.38 Å². The van der Waals surface area contributed by atoms with Gasteiger partial charge in [0.25, 0.3) is 0 Å². The zero-order valence-electron chi connectivity index (χ0n) is 11.7. The summed E-state index contributed by atoms with van der Waals surface area (Å²) in [5, 5.41) is -0.0870. The van der Waals surface area contributed by atoms with Gasteiger partial charge < -0.3 is 0 Å². The van der Waals surface area contributed by atoms with Gasteiger partial charge in [-0.05, 0) is 16.7 Å². The molecule has 3 aromatic carbocycles. The molecule has 0 radical (unpaired) electrons. The zero-order valence-corrected chi connectivity index (χ0v) is 12.4. The lowest BCUT2D eigenvalue weighted by Crippen LogP contribution is -2.08. The van der Waals surface area contributed by atoms with Crippen LogP contribution in [0.15, 0.2) is 91.0 Å². The third-order valence-corrected chi connectivity index (χ3v) is 4.23. The molecule has 21 heavy (non-hydrogen) atoms. The average Bonchev–Trinajstić information content (AvgIpc) is 2.58. The summed E-state index contributed by atoms with van der Waals surface area (Å²) >= 11 is 6.84. The SMILES string of the molecule is ClC(c1ccccc1)C(c1ccccc1)c1ccccc1. The lowest BCUT2D eigenvalue weighted by atomic mass is 9.85. The van der Waals surface area contributed by atoms with E-state index in [-0.39, 0.29) is 11.3 Å². The first-order chi connectivity index (χ1) is 10.4. The highest BCUT2D eigenvalue weighted by Crippen LogP contribution is 2.40. The topological polar surface area (TPSA) is 0 Å². The van der Waals surface area contributed by atoms with E-state index in [0.29, 0.717) is 0 Å². The molecule has 1 atom stereocenters. The number of benzene rings is 3. The van der Waals surface area contributed by atoms with E-state index in [2.05, 4.69) is 60.7 Å². The van der Waals surface area contributed by atoms with Gasteiger partial charge in [-0.25, -0.2) is 0 Å². The van der Waals surface area contributed by atoms with E-state index in [0.717, 1.165) is 5.56 Å². The highest BCUT2D eigenvalue weighted by Gasteiger charge is 2.24. The third-order valence-electron chi connectivity index (χ3n) is 3.73. The van der Waals surface area contributed by atoms with Crippen LogP contribution in [0.5, 0.6) is 0 Å². The van der Waals surface area contributed by atoms with Crippen LogP contribution in [0.2, 0.25) is 0 Å². The maximum absolute atomic E-state index is 6.84. The molecule has 0 bridgehead atoms. The van der Waals surface area contributed by atoms with E-state index in [9.17, 15) is 0 Å². The van der Waals surface area contributed by atoms with Gasteiger partial charge in [-0.2, -0.15) is 0 Å². The Hall–Kier alpha value is -2.05. The minimum atomic E-state index is -0.0870. The molecule has 0 aliphatic heterocycles. The Morgan fingerprint density at radius 3 is 1.19 bits per heavy atom. The molecule has 1 unspecified atom stereocenters. The summed E-state index contributed by atoms with van der Waals surface area (Å²) in [6.45, 7) is 0. The number of hydrogen-bond donors (Lipinski definition) is 0. The number of halogens is 1. The molecule has 0 nitrogen and oxygen atoms in total. The molecule has 3 rings (SSSR count). The molecule has 0 saturated carbocycles. The molecule has 0 aliphatic carbocycles. The van der Waals surface area contributed by atoms with E-state index in [1.165, 1.54) is 11.1 Å². The van der Waals surface area contributed by atoms with Crippen molar-refractivity contribution in [2.24, 2.45) is 0 Å². The Labute approximate surface area is 131 Å². The number of rotatable bonds is 4. The van der Waals surface area contributed by atoms with Crippen molar-refractivity contribution in [3.8, 4) is 0 Å². The van der Waals surface area contributed by atoms with Crippen molar-refractivity contribution >= 4 is 11.6 Å². The zero-order chi connectivity index (χ0) is 14.5. The molecule has 0 fully saturated rings. The predicted molar refractivity (Wildman–Crippen MR) is 89.8 cm³/mol. The second-order valence-corrected chi connectivity index (χ2v) is 5.58. The van der Waals surface area contributed by atoms with Crippen LogP contribution in [0.4, 0.5) is 0 Å². The van der Waals surface area contributed by atoms with Gasteiger partial charge in [-0.1, -0.05) is 91.0 Å². The fourth-order valence-corrected chi connectivity index (χ4v) is 3.12. The van der Waals surface area contributed by atoms with Crippen LogP contribution >= 0.6 is 11.6 Å². The summed E-state index contributed by atoms with van der Waals surface area (Å²) in [4.78, 5) is 0. The van der Waals surface area contributed by atoms with Crippen molar-refractivity contribution in [1.82, 2.24) is 0 Å². The van der Waals surface area contributed by atoms with Crippen molar-refractivity contribution < 1.29 is 0 Å². The standard InChI is InChI=1S/C20H17Cl/c21-20(18-14-8-3-9-15-18)19(16-10-4-1-5-11-16)17-12-6-2-7-13-17/h1-15,19-20H. The van der Waals surface area contributed by atoms with Crippen molar-refractivity contribution in [2.75, 3.05) is 0 Å². The lowest BCUT2D eigenvalue weighted by molar-refractivity contribution is 0.776. The van der Waals surface area contributed by atoms with E-state index >= 15 is 0 Å². The maximum atomic E-state index is 6.84. The summed E-state index contributed by atoms with van der Waals surface area (Å²) in [6.07, 6.45) is 0. The Bertz CT molecular complexity index is 622. The van der Waals surface area contributed by atoms with E-state index < -0.39 is 0 Å². The smallest absolute Gasteiger partial charge is 0.0694 e. The molecule has 0 N–H and O–H groups in total. The summed E-state index contributed by atoms with van der Waals surface area (Å²) < 4.78 is 0. The Morgan fingerprint density at radius 2 is 0.810 bits per heavy atom. The predicted octanol–water partition coefficient (Wildman–Crippen LogP) is 5.80.